The van der Waals surface area contributed by atoms with Crippen LogP contribution in [0.25, 0.3) is 11.0 Å². The van der Waals surface area contributed by atoms with Crippen LogP contribution in [0.2, 0.25) is 25.7 Å². The van der Waals surface area contributed by atoms with E-state index in [9.17, 15) is 58.6 Å². The average Bonchev–Trinajstić information content (AvgIpc) is 4.31. The molecule has 0 bridgehead atoms. The molecule has 2 aliphatic carbocycles. The van der Waals surface area contributed by atoms with E-state index in [1.54, 1.807) is 0 Å². The maximum atomic E-state index is 14.8. The number of likely N-dealkylation sites (tertiary alicyclic amines) is 2. The first-order chi connectivity index (χ1) is 37.0. The van der Waals surface area contributed by atoms with E-state index in [1.807, 2.05) is 6.92 Å². The number of aromatic nitrogens is 6. The molecule has 6 heterocycles. The summed E-state index contributed by atoms with van der Waals surface area (Å²) in [6, 6.07) is 3.43. The number of benzene rings is 2. The number of anilines is 2. The van der Waals surface area contributed by atoms with Crippen LogP contribution in [-0.2, 0) is 22.8 Å². The fourth-order valence-electron chi connectivity index (χ4n) is 11.1. The molecule has 5 aromatic rings. The third-order valence-corrected chi connectivity index (χ3v) is 16.9. The molecule has 26 heteroatoms. The molecule has 3 N–H and O–H groups in total. The number of hydrogen-bond donors (Lipinski definition) is 3. The number of carbonyl (C=O) groups excluding carboxylic acids is 2. The normalized spacial score (nSPS) is 26.0. The summed E-state index contributed by atoms with van der Waals surface area (Å²) in [6.45, 7) is 8.35. The van der Waals surface area contributed by atoms with Crippen LogP contribution in [0, 0.1) is 41.0 Å². The van der Waals surface area contributed by atoms with Crippen LogP contribution in [0.15, 0.2) is 54.0 Å². The van der Waals surface area contributed by atoms with Crippen LogP contribution in [0.3, 0.4) is 0 Å². The Morgan fingerprint density at radius 3 is 1.90 bits per heavy atom. The van der Waals surface area contributed by atoms with Gasteiger partial charge in [-0.25, -0.2) is 68.5 Å². The van der Waals surface area contributed by atoms with Crippen molar-refractivity contribution in [2.75, 3.05) is 30.3 Å². The Bertz CT molecular complexity index is 3040. The minimum atomic E-state index is -2.57. The molecule has 2 saturated carbocycles. The van der Waals surface area contributed by atoms with Gasteiger partial charge >= 0.3 is 0 Å². The first-order valence-corrected chi connectivity index (χ1v) is 29.5. The van der Waals surface area contributed by atoms with Gasteiger partial charge in [0.25, 0.3) is 11.8 Å². The lowest BCUT2D eigenvalue weighted by Crippen LogP contribution is -2.38. The molecule has 78 heavy (non-hydrogen) atoms. The van der Waals surface area contributed by atoms with Gasteiger partial charge < -0.3 is 30.3 Å². The standard InChI is InChI=1S/C29H37F5N6O2Si.C23H22F5N5O2/c1-16-9-17(26(33)34)10-22(16)37-27-24-25(38-40(28(24)36-14-35-27)15-42-7-8-43(2,3)4)29(41)39-13-19(31)12-23(39)20-11-18(30)5-6-21(20)32;24-11-1-2-14(26)13(5-11)17-6-12(25)8-33(17)23(35)20-19-16(7-29-20)30-9-31-22(19)32-15-3-10(21(27)28)4-18(15)34/h5-6,11,14,16-17,19,22-23,26H,7-10,12-13,15H2,1-4H3,(H,35,36,37);1-2,5,9-10,12,15,17-18,21,34H,3-4,6-8H2,(H,30,31,32)/t16-,17+,19+,22-,23-;10-,12+,15-,17-,18-/m11/s1. The molecule has 420 valence electrons. The molecular weight excluding hydrogens is 1060 g/mol. The van der Waals surface area contributed by atoms with E-state index in [0.717, 1.165) is 52.2 Å². The molecule has 3 aliphatic heterocycles. The Kier molecular flexibility index (Phi) is 16.8. The monoisotopic (exact) mass is 1120 g/mol. The van der Waals surface area contributed by atoms with Crippen LogP contribution < -0.4 is 10.6 Å². The van der Waals surface area contributed by atoms with E-state index >= 15 is 0 Å². The van der Waals surface area contributed by atoms with Gasteiger partial charge in [-0.3, -0.25) is 14.6 Å². The predicted octanol–water partition coefficient (Wildman–Crippen LogP) is 9.62. The highest BCUT2D eigenvalue weighted by Crippen LogP contribution is 2.42. The van der Waals surface area contributed by atoms with Gasteiger partial charge in [0.2, 0.25) is 12.9 Å². The quantitative estimate of drug-likeness (QED) is 0.0517. The highest BCUT2D eigenvalue weighted by atomic mass is 28.3. The van der Waals surface area contributed by atoms with Crippen molar-refractivity contribution in [1.82, 2.24) is 39.5 Å². The summed E-state index contributed by atoms with van der Waals surface area (Å²) < 4.78 is 147. The van der Waals surface area contributed by atoms with Crippen molar-refractivity contribution in [2.45, 2.75) is 140 Å². The number of aliphatic imine (C=N–C) groups is 1. The zero-order valence-electron chi connectivity index (χ0n) is 43.0. The molecule has 2 amide bonds. The lowest BCUT2D eigenvalue weighted by Gasteiger charge is -2.26. The first-order valence-electron chi connectivity index (χ1n) is 25.8. The molecule has 10 atom stereocenters. The van der Waals surface area contributed by atoms with Crippen molar-refractivity contribution in [1.29, 1.82) is 0 Å². The van der Waals surface area contributed by atoms with E-state index in [0.29, 0.717) is 18.7 Å². The highest BCUT2D eigenvalue weighted by molar-refractivity contribution is 6.76. The molecule has 5 aliphatic rings. The van der Waals surface area contributed by atoms with Gasteiger partial charge in [0.1, 0.15) is 72.3 Å². The van der Waals surface area contributed by atoms with Gasteiger partial charge in [0, 0.05) is 56.5 Å². The smallest absolute Gasteiger partial charge is 0.275 e. The summed E-state index contributed by atoms with van der Waals surface area (Å²) in [5.41, 5.74) is 0.441. The summed E-state index contributed by atoms with van der Waals surface area (Å²) in [4.78, 5) is 51.1. The predicted molar refractivity (Wildman–Crippen MR) is 269 cm³/mol. The largest absolute Gasteiger partial charge is 0.391 e. The number of aliphatic hydroxyl groups is 1. The lowest BCUT2D eigenvalue weighted by atomic mass is 10.0. The maximum Gasteiger partial charge on any atom is 0.275 e. The molecule has 0 spiro atoms. The number of aliphatic hydroxyl groups excluding tert-OH is 1. The van der Waals surface area contributed by atoms with Crippen molar-refractivity contribution < 1.29 is 63.3 Å². The number of nitrogens with zero attached hydrogens (tertiary/aromatic N) is 9. The maximum absolute atomic E-state index is 14.8. The molecule has 15 nitrogen and oxygen atoms in total. The third-order valence-electron chi connectivity index (χ3n) is 15.2. The van der Waals surface area contributed by atoms with Gasteiger partial charge in [0.15, 0.2) is 11.3 Å². The Labute approximate surface area is 443 Å². The summed E-state index contributed by atoms with van der Waals surface area (Å²) in [7, 11) is -1.38. The SMILES string of the molecule is C[C@@H]1C[C@H](C(F)F)C[C@H]1Nc1ncnc2c1c(C(=O)N1C[C@@H](F)C[C@@H]1c1cc(F)ccc1F)nn2COCC[Si](C)(C)C.O=C(C1=NCc2ncnc(N[C@@H]3C[C@@H](C(F)F)C[C@H]3O)c21)N1C[C@@H](F)C[C@@H]1c1cc(F)ccc1F. The van der Waals surface area contributed by atoms with Crippen molar-refractivity contribution >= 4 is 48.3 Å². The second-order valence-electron chi connectivity index (χ2n) is 21.9. The number of amides is 2. The molecule has 0 radical (unpaired) electrons. The van der Waals surface area contributed by atoms with E-state index in [-0.39, 0.29) is 121 Å². The van der Waals surface area contributed by atoms with Gasteiger partial charge in [-0.05, 0) is 74.0 Å². The number of fused-ring (bicyclic) bond motifs is 2. The Morgan fingerprint density at radius 1 is 0.744 bits per heavy atom. The van der Waals surface area contributed by atoms with Crippen LogP contribution in [0.1, 0.15) is 90.4 Å². The summed E-state index contributed by atoms with van der Waals surface area (Å²) >= 11 is 0. The van der Waals surface area contributed by atoms with E-state index < -0.39 is 104 Å². The fraction of sp³-hybridized carbons (Fsp3) is 0.538. The van der Waals surface area contributed by atoms with Gasteiger partial charge in [-0.2, -0.15) is 5.10 Å². The molecular formula is C52H59F10N11O4Si. The summed E-state index contributed by atoms with van der Waals surface area (Å²) in [5, 5.41) is 21.2. The van der Waals surface area contributed by atoms with Crippen molar-refractivity contribution in [2.24, 2.45) is 22.7 Å². The van der Waals surface area contributed by atoms with Gasteiger partial charge in [-0.1, -0.05) is 26.6 Å². The number of nitrogens with one attached hydrogen (secondary N) is 2. The summed E-state index contributed by atoms with van der Waals surface area (Å²) in [5.74, 6) is -5.78. The average molecular weight is 1120 g/mol. The van der Waals surface area contributed by atoms with Crippen molar-refractivity contribution in [3.8, 4) is 0 Å². The van der Waals surface area contributed by atoms with Gasteiger partial charge in [-0.15, -0.1) is 0 Å². The van der Waals surface area contributed by atoms with Crippen LogP contribution in [0.4, 0.5) is 55.5 Å². The molecule has 2 saturated heterocycles. The second kappa shape index (κ2) is 23.2. The number of ether oxygens (including phenoxy) is 1. The Hall–Kier alpha value is -6.28. The number of rotatable bonds is 15. The number of hydrogen-bond acceptors (Lipinski definition) is 12. The molecule has 10 rings (SSSR count). The van der Waals surface area contributed by atoms with Crippen LogP contribution >= 0.6 is 0 Å². The minimum Gasteiger partial charge on any atom is -0.391 e. The molecule has 0 unspecified atom stereocenters. The third kappa shape index (κ3) is 12.1. The molecule has 3 aromatic heterocycles. The van der Waals surface area contributed by atoms with Crippen molar-refractivity contribution in [3.63, 3.8) is 0 Å². The van der Waals surface area contributed by atoms with Crippen LogP contribution in [0.5, 0.6) is 0 Å². The van der Waals surface area contributed by atoms with E-state index in [4.69, 9.17) is 4.74 Å². The van der Waals surface area contributed by atoms with E-state index in [2.05, 4.69) is 60.3 Å². The first kappa shape index (κ1) is 56.4. The Morgan fingerprint density at radius 2 is 1.31 bits per heavy atom. The topological polar surface area (TPSA) is 176 Å². The zero-order chi connectivity index (χ0) is 55.9. The van der Waals surface area contributed by atoms with Gasteiger partial charge in [0.05, 0.1) is 60.5 Å². The number of alkyl halides is 6. The minimum absolute atomic E-state index is 0.00854. The van der Waals surface area contributed by atoms with Crippen molar-refractivity contribution in [3.05, 3.63) is 100 Å². The molecule has 4 fully saturated rings. The highest BCUT2D eigenvalue weighted by Gasteiger charge is 2.45. The summed E-state index contributed by atoms with van der Waals surface area (Å²) in [6.07, 6.45) is -6.36. The number of carbonyl (C=O) groups is 2. The Balaban J connectivity index is 0.000000193. The van der Waals surface area contributed by atoms with Crippen LogP contribution in [-0.4, -0.2) is 133 Å². The molecule has 2 aromatic carbocycles. The fourth-order valence-corrected chi connectivity index (χ4v) is 11.8. The zero-order valence-corrected chi connectivity index (χ0v) is 44.0. The lowest BCUT2D eigenvalue weighted by molar-refractivity contribution is -0.125. The number of halogens is 10. The van der Waals surface area contributed by atoms with E-state index in [1.165, 1.54) is 17.3 Å². The second-order valence-corrected chi connectivity index (χ2v) is 27.6.